The van der Waals surface area contributed by atoms with Crippen LogP contribution >= 0.6 is 11.6 Å². The molecule has 9 heteroatoms. The van der Waals surface area contributed by atoms with Gasteiger partial charge in [-0.25, -0.2) is 4.79 Å². The first-order chi connectivity index (χ1) is 15.5. The van der Waals surface area contributed by atoms with Gasteiger partial charge in [-0.2, -0.15) is 0 Å². The first-order valence-electron chi connectivity index (χ1n) is 10.6. The minimum Gasteiger partial charge on any atom is -0.379 e. The molecule has 2 aromatic carbocycles. The number of anilines is 3. The molecule has 4 amide bonds. The molecule has 8 nitrogen and oxygen atoms in total. The van der Waals surface area contributed by atoms with Crippen molar-refractivity contribution in [2.45, 2.75) is 25.3 Å². The number of carbonyl (C=O) groups is 3. The zero-order valence-corrected chi connectivity index (χ0v) is 18.3. The predicted molar refractivity (Wildman–Crippen MR) is 123 cm³/mol. The number of carbonyl (C=O) groups excluding carboxylic acids is 3. The third-order valence-electron chi connectivity index (χ3n) is 5.58. The van der Waals surface area contributed by atoms with E-state index in [4.69, 9.17) is 16.3 Å². The molecular weight excluding hydrogens is 432 g/mol. The summed E-state index contributed by atoms with van der Waals surface area (Å²) in [6, 6.07) is 13.1. The molecule has 0 spiro atoms. The van der Waals surface area contributed by atoms with Crippen LogP contribution in [0.15, 0.2) is 48.5 Å². The highest BCUT2D eigenvalue weighted by atomic mass is 35.5. The molecule has 2 fully saturated rings. The summed E-state index contributed by atoms with van der Waals surface area (Å²) in [5, 5.41) is 6.29. The standard InChI is InChI=1S/C23H25ClN4O4/c24-16-3-5-18(6-4-16)26-23(31)28-12-1-2-20(28)22(30)25-17-7-9-19(10-8-17)27-13-15-32-14-11-21(27)29/h3-10,20H,1-2,11-15H2,(H,25,30)(H,26,31). The van der Waals surface area contributed by atoms with E-state index in [1.165, 1.54) is 0 Å². The van der Waals surface area contributed by atoms with Gasteiger partial charge in [0.2, 0.25) is 11.8 Å². The average Bonchev–Trinajstić information content (AvgIpc) is 3.19. The maximum absolute atomic E-state index is 12.9. The van der Waals surface area contributed by atoms with Crippen LogP contribution < -0.4 is 15.5 Å². The number of nitrogens with zero attached hydrogens (tertiary/aromatic N) is 2. The summed E-state index contributed by atoms with van der Waals surface area (Å²) in [5.41, 5.74) is 2.00. The average molecular weight is 457 g/mol. The Morgan fingerprint density at radius 2 is 1.62 bits per heavy atom. The molecule has 0 aromatic heterocycles. The number of hydrogen-bond acceptors (Lipinski definition) is 4. The van der Waals surface area contributed by atoms with Gasteiger partial charge in [0.15, 0.2) is 0 Å². The van der Waals surface area contributed by atoms with Gasteiger partial charge in [-0.05, 0) is 61.4 Å². The van der Waals surface area contributed by atoms with Crippen LogP contribution in [0.2, 0.25) is 5.02 Å². The Balaban J connectivity index is 1.37. The summed E-state index contributed by atoms with van der Waals surface area (Å²) in [4.78, 5) is 41.0. The van der Waals surface area contributed by atoms with Crippen LogP contribution in [0.5, 0.6) is 0 Å². The fourth-order valence-electron chi connectivity index (χ4n) is 3.91. The van der Waals surface area contributed by atoms with E-state index in [-0.39, 0.29) is 17.8 Å². The van der Waals surface area contributed by atoms with E-state index < -0.39 is 6.04 Å². The number of amides is 4. The topological polar surface area (TPSA) is 91.0 Å². The predicted octanol–water partition coefficient (Wildman–Crippen LogP) is 3.73. The molecule has 0 bridgehead atoms. The number of benzene rings is 2. The summed E-state index contributed by atoms with van der Waals surface area (Å²) in [6.45, 7) is 1.95. The molecule has 2 N–H and O–H groups in total. The fraction of sp³-hybridized carbons (Fsp3) is 0.348. The third kappa shape index (κ3) is 5.20. The van der Waals surface area contributed by atoms with E-state index in [1.54, 1.807) is 58.3 Å². The van der Waals surface area contributed by atoms with Gasteiger partial charge >= 0.3 is 6.03 Å². The number of ether oxygens (including phenoxy) is 1. The molecule has 2 heterocycles. The lowest BCUT2D eigenvalue weighted by Crippen LogP contribution is -2.45. The van der Waals surface area contributed by atoms with Gasteiger partial charge in [-0.15, -0.1) is 0 Å². The lowest BCUT2D eigenvalue weighted by atomic mass is 10.2. The minimum absolute atomic E-state index is 0.0209. The molecule has 1 unspecified atom stereocenters. The molecule has 0 saturated carbocycles. The van der Waals surface area contributed by atoms with Gasteiger partial charge in [0.1, 0.15) is 6.04 Å². The molecule has 2 aromatic rings. The highest BCUT2D eigenvalue weighted by Gasteiger charge is 2.34. The zero-order valence-electron chi connectivity index (χ0n) is 17.6. The summed E-state index contributed by atoms with van der Waals surface area (Å²) < 4.78 is 5.36. The first-order valence-corrected chi connectivity index (χ1v) is 11.0. The summed E-state index contributed by atoms with van der Waals surface area (Å²) in [7, 11) is 0. The fourth-order valence-corrected chi connectivity index (χ4v) is 4.04. The summed E-state index contributed by atoms with van der Waals surface area (Å²) in [5.74, 6) is -0.215. The van der Waals surface area contributed by atoms with E-state index in [0.717, 1.165) is 12.1 Å². The van der Waals surface area contributed by atoms with Crippen LogP contribution in [0.4, 0.5) is 21.9 Å². The van der Waals surface area contributed by atoms with Crippen molar-refractivity contribution in [3.05, 3.63) is 53.6 Å². The SMILES string of the molecule is O=C(Nc1ccc(N2CCOCCC2=O)cc1)C1CCCN1C(=O)Nc1ccc(Cl)cc1. The van der Waals surface area contributed by atoms with Gasteiger partial charge in [-0.1, -0.05) is 11.6 Å². The van der Waals surface area contributed by atoms with Crippen molar-refractivity contribution in [3.63, 3.8) is 0 Å². The van der Waals surface area contributed by atoms with Gasteiger partial charge in [0, 0.05) is 35.2 Å². The van der Waals surface area contributed by atoms with Crippen molar-refractivity contribution in [1.82, 2.24) is 4.90 Å². The number of urea groups is 1. The first kappa shape index (κ1) is 22.1. The Hall–Kier alpha value is -3.10. The molecule has 168 valence electrons. The van der Waals surface area contributed by atoms with Gasteiger partial charge < -0.3 is 25.2 Å². The molecule has 32 heavy (non-hydrogen) atoms. The molecule has 4 rings (SSSR count). The highest BCUT2D eigenvalue weighted by molar-refractivity contribution is 6.30. The molecule has 2 saturated heterocycles. The second-order valence-corrected chi connectivity index (χ2v) is 8.17. The van der Waals surface area contributed by atoms with Crippen molar-refractivity contribution in [3.8, 4) is 0 Å². The maximum Gasteiger partial charge on any atom is 0.322 e. The Morgan fingerprint density at radius 3 is 2.38 bits per heavy atom. The maximum atomic E-state index is 12.9. The highest BCUT2D eigenvalue weighted by Crippen LogP contribution is 2.23. The normalized spacial score (nSPS) is 18.9. The molecular formula is C23H25ClN4O4. The van der Waals surface area contributed by atoms with E-state index in [1.807, 2.05) is 0 Å². The molecule has 2 aliphatic rings. The molecule has 0 radical (unpaired) electrons. The number of halogens is 1. The molecule has 2 aliphatic heterocycles. The molecule has 0 aliphatic carbocycles. The Labute approximate surface area is 191 Å². The number of likely N-dealkylation sites (tertiary alicyclic amines) is 1. The van der Waals surface area contributed by atoms with Gasteiger partial charge in [0.25, 0.3) is 0 Å². The second-order valence-electron chi connectivity index (χ2n) is 7.73. The van der Waals surface area contributed by atoms with Crippen LogP contribution in [-0.2, 0) is 14.3 Å². The van der Waals surface area contributed by atoms with Gasteiger partial charge in [0.05, 0.1) is 19.6 Å². The Kier molecular flexibility index (Phi) is 6.92. The quantitative estimate of drug-likeness (QED) is 0.733. The number of nitrogens with one attached hydrogen (secondary N) is 2. The lowest BCUT2D eigenvalue weighted by Gasteiger charge is -2.24. The summed E-state index contributed by atoms with van der Waals surface area (Å²) in [6.07, 6.45) is 1.71. The van der Waals surface area contributed by atoms with Crippen LogP contribution in [0, 0.1) is 0 Å². The van der Waals surface area contributed by atoms with Crippen molar-refractivity contribution >= 4 is 46.5 Å². The van der Waals surface area contributed by atoms with Crippen molar-refractivity contribution in [1.29, 1.82) is 0 Å². The second kappa shape index (κ2) is 10.0. The summed E-state index contributed by atoms with van der Waals surface area (Å²) >= 11 is 5.88. The van der Waals surface area contributed by atoms with E-state index >= 15 is 0 Å². The van der Waals surface area contributed by atoms with Crippen LogP contribution in [0.1, 0.15) is 19.3 Å². The lowest BCUT2D eigenvalue weighted by molar-refractivity contribution is -0.120. The Morgan fingerprint density at radius 1 is 0.938 bits per heavy atom. The van der Waals surface area contributed by atoms with Gasteiger partial charge in [-0.3, -0.25) is 9.59 Å². The van der Waals surface area contributed by atoms with E-state index in [0.29, 0.717) is 55.5 Å². The Bertz CT molecular complexity index is 980. The van der Waals surface area contributed by atoms with Crippen LogP contribution in [0.25, 0.3) is 0 Å². The molecule has 1 atom stereocenters. The third-order valence-corrected chi connectivity index (χ3v) is 5.83. The minimum atomic E-state index is -0.550. The smallest absolute Gasteiger partial charge is 0.322 e. The van der Waals surface area contributed by atoms with Crippen molar-refractivity contribution in [2.24, 2.45) is 0 Å². The number of hydrogen-bond donors (Lipinski definition) is 2. The number of rotatable bonds is 4. The van der Waals surface area contributed by atoms with Crippen molar-refractivity contribution < 1.29 is 19.1 Å². The monoisotopic (exact) mass is 456 g/mol. The largest absolute Gasteiger partial charge is 0.379 e. The van der Waals surface area contributed by atoms with Crippen LogP contribution in [-0.4, -0.2) is 55.1 Å². The van der Waals surface area contributed by atoms with E-state index in [9.17, 15) is 14.4 Å². The van der Waals surface area contributed by atoms with Crippen LogP contribution in [0.3, 0.4) is 0 Å². The zero-order chi connectivity index (χ0) is 22.5. The van der Waals surface area contributed by atoms with E-state index in [2.05, 4.69) is 10.6 Å². The van der Waals surface area contributed by atoms with Crippen molar-refractivity contribution in [2.75, 3.05) is 41.8 Å².